The molecule has 1 fully saturated rings. The minimum atomic E-state index is 0.185. The summed E-state index contributed by atoms with van der Waals surface area (Å²) in [5.74, 6) is 1.46. The van der Waals surface area contributed by atoms with E-state index in [0.717, 1.165) is 31.5 Å². The molecule has 2 rings (SSSR count). The SMILES string of the molecule is O=C(Cc1cccc(Cl)c1)N1CCC(CCl)CC1. The molecule has 0 bridgehead atoms. The summed E-state index contributed by atoms with van der Waals surface area (Å²) < 4.78 is 0. The Morgan fingerprint density at radius 3 is 2.67 bits per heavy atom. The van der Waals surface area contributed by atoms with E-state index in [1.807, 2.05) is 29.2 Å². The van der Waals surface area contributed by atoms with Crippen LogP contribution in [-0.2, 0) is 11.2 Å². The first kappa shape index (κ1) is 13.7. The van der Waals surface area contributed by atoms with Crippen LogP contribution in [0.3, 0.4) is 0 Å². The molecule has 1 saturated heterocycles. The Labute approximate surface area is 118 Å². The second kappa shape index (κ2) is 6.44. The van der Waals surface area contributed by atoms with Crippen molar-refractivity contribution in [1.82, 2.24) is 4.90 Å². The Morgan fingerprint density at radius 2 is 2.06 bits per heavy atom. The molecule has 0 saturated carbocycles. The van der Waals surface area contributed by atoms with Gasteiger partial charge >= 0.3 is 0 Å². The van der Waals surface area contributed by atoms with Crippen LogP contribution in [0, 0.1) is 5.92 Å². The lowest BCUT2D eigenvalue weighted by Crippen LogP contribution is -2.39. The van der Waals surface area contributed by atoms with Crippen molar-refractivity contribution in [2.24, 2.45) is 5.92 Å². The zero-order chi connectivity index (χ0) is 13.0. The number of likely N-dealkylation sites (tertiary alicyclic amines) is 1. The Hall–Kier alpha value is -0.730. The van der Waals surface area contributed by atoms with Crippen LogP contribution in [0.1, 0.15) is 18.4 Å². The van der Waals surface area contributed by atoms with Gasteiger partial charge in [-0.1, -0.05) is 23.7 Å². The maximum absolute atomic E-state index is 12.1. The molecule has 4 heteroatoms. The molecule has 0 atom stereocenters. The summed E-state index contributed by atoms with van der Waals surface area (Å²) in [5, 5.41) is 0.682. The summed E-state index contributed by atoms with van der Waals surface area (Å²) in [6.45, 7) is 1.66. The van der Waals surface area contributed by atoms with Crippen LogP contribution in [0.5, 0.6) is 0 Å². The van der Waals surface area contributed by atoms with Crippen LogP contribution >= 0.6 is 23.2 Å². The maximum atomic E-state index is 12.1. The topological polar surface area (TPSA) is 20.3 Å². The van der Waals surface area contributed by atoms with E-state index in [4.69, 9.17) is 23.2 Å². The average Bonchev–Trinajstić information content (AvgIpc) is 2.39. The van der Waals surface area contributed by atoms with Crippen LogP contribution < -0.4 is 0 Å². The van der Waals surface area contributed by atoms with Crippen LogP contribution in [-0.4, -0.2) is 29.8 Å². The van der Waals surface area contributed by atoms with E-state index < -0.39 is 0 Å². The first-order chi connectivity index (χ1) is 8.69. The molecular weight excluding hydrogens is 269 g/mol. The van der Waals surface area contributed by atoms with E-state index >= 15 is 0 Å². The maximum Gasteiger partial charge on any atom is 0.226 e. The van der Waals surface area contributed by atoms with Crippen molar-refractivity contribution in [3.05, 3.63) is 34.9 Å². The molecule has 0 spiro atoms. The van der Waals surface area contributed by atoms with Gasteiger partial charge in [0.2, 0.25) is 5.91 Å². The number of benzene rings is 1. The van der Waals surface area contributed by atoms with Gasteiger partial charge in [-0.15, -0.1) is 11.6 Å². The summed E-state index contributed by atoms with van der Waals surface area (Å²) >= 11 is 11.7. The molecule has 2 nitrogen and oxygen atoms in total. The van der Waals surface area contributed by atoms with Crippen molar-refractivity contribution >= 4 is 29.1 Å². The van der Waals surface area contributed by atoms with Gasteiger partial charge < -0.3 is 4.90 Å². The number of carbonyl (C=O) groups excluding carboxylic acids is 1. The molecule has 0 N–H and O–H groups in total. The van der Waals surface area contributed by atoms with Gasteiger partial charge in [0, 0.05) is 24.0 Å². The largest absolute Gasteiger partial charge is 0.342 e. The average molecular weight is 286 g/mol. The summed E-state index contributed by atoms with van der Waals surface area (Å²) in [6.07, 6.45) is 2.47. The highest BCUT2D eigenvalue weighted by Crippen LogP contribution is 2.19. The number of carbonyl (C=O) groups is 1. The number of alkyl halides is 1. The molecule has 0 aliphatic carbocycles. The zero-order valence-electron chi connectivity index (χ0n) is 10.2. The number of hydrogen-bond donors (Lipinski definition) is 0. The third kappa shape index (κ3) is 3.63. The highest BCUT2D eigenvalue weighted by molar-refractivity contribution is 6.30. The van der Waals surface area contributed by atoms with Crippen LogP contribution in [0.4, 0.5) is 0 Å². The Morgan fingerprint density at radius 1 is 1.33 bits per heavy atom. The van der Waals surface area contributed by atoms with Gasteiger partial charge in [0.25, 0.3) is 0 Å². The molecule has 1 aromatic rings. The first-order valence-electron chi connectivity index (χ1n) is 6.27. The molecule has 0 radical (unpaired) electrons. The van der Waals surface area contributed by atoms with E-state index in [2.05, 4.69) is 0 Å². The van der Waals surface area contributed by atoms with Crippen LogP contribution in [0.25, 0.3) is 0 Å². The number of piperidine rings is 1. The summed E-state index contributed by atoms with van der Waals surface area (Å²) in [7, 11) is 0. The molecule has 1 aliphatic heterocycles. The third-order valence-electron chi connectivity index (χ3n) is 3.43. The van der Waals surface area contributed by atoms with Crippen LogP contribution in [0.2, 0.25) is 5.02 Å². The minimum Gasteiger partial charge on any atom is -0.342 e. The molecule has 1 heterocycles. The van der Waals surface area contributed by atoms with E-state index in [0.29, 0.717) is 23.2 Å². The van der Waals surface area contributed by atoms with E-state index in [9.17, 15) is 4.79 Å². The molecule has 98 valence electrons. The predicted molar refractivity (Wildman–Crippen MR) is 75.2 cm³/mol. The Balaban J connectivity index is 1.89. The minimum absolute atomic E-state index is 0.185. The number of rotatable bonds is 3. The summed E-state index contributed by atoms with van der Waals surface area (Å²) in [5.41, 5.74) is 0.979. The molecule has 1 amide bonds. The summed E-state index contributed by atoms with van der Waals surface area (Å²) in [6, 6.07) is 7.49. The highest BCUT2D eigenvalue weighted by atomic mass is 35.5. The van der Waals surface area contributed by atoms with Crippen molar-refractivity contribution in [3.8, 4) is 0 Å². The predicted octanol–water partition coefficient (Wildman–Crippen LogP) is 3.36. The number of hydrogen-bond acceptors (Lipinski definition) is 1. The fraction of sp³-hybridized carbons (Fsp3) is 0.500. The van der Waals surface area contributed by atoms with Gasteiger partial charge in [0.1, 0.15) is 0 Å². The molecule has 0 unspecified atom stereocenters. The van der Waals surface area contributed by atoms with E-state index in [1.54, 1.807) is 0 Å². The van der Waals surface area contributed by atoms with Gasteiger partial charge in [0.15, 0.2) is 0 Å². The molecule has 18 heavy (non-hydrogen) atoms. The zero-order valence-corrected chi connectivity index (χ0v) is 11.8. The van der Waals surface area contributed by atoms with Crippen LogP contribution in [0.15, 0.2) is 24.3 Å². The van der Waals surface area contributed by atoms with Crippen molar-refractivity contribution < 1.29 is 4.79 Å². The lowest BCUT2D eigenvalue weighted by Gasteiger charge is -2.31. The lowest BCUT2D eigenvalue weighted by atomic mass is 9.98. The normalized spacial score (nSPS) is 16.9. The highest BCUT2D eigenvalue weighted by Gasteiger charge is 2.22. The van der Waals surface area contributed by atoms with Crippen molar-refractivity contribution in [3.63, 3.8) is 0 Å². The molecular formula is C14H17Cl2NO. The van der Waals surface area contributed by atoms with Gasteiger partial charge in [-0.05, 0) is 36.5 Å². The number of amides is 1. The number of nitrogens with zero attached hydrogens (tertiary/aromatic N) is 1. The fourth-order valence-electron chi connectivity index (χ4n) is 2.27. The summed E-state index contributed by atoms with van der Waals surface area (Å²) in [4.78, 5) is 14.1. The lowest BCUT2D eigenvalue weighted by molar-refractivity contribution is -0.131. The molecule has 0 aromatic heterocycles. The van der Waals surface area contributed by atoms with Gasteiger partial charge in [-0.3, -0.25) is 4.79 Å². The molecule has 1 aromatic carbocycles. The van der Waals surface area contributed by atoms with E-state index in [-0.39, 0.29) is 5.91 Å². The van der Waals surface area contributed by atoms with Gasteiger partial charge in [0.05, 0.1) is 6.42 Å². The smallest absolute Gasteiger partial charge is 0.226 e. The first-order valence-corrected chi connectivity index (χ1v) is 7.18. The van der Waals surface area contributed by atoms with E-state index in [1.165, 1.54) is 0 Å². The van der Waals surface area contributed by atoms with Gasteiger partial charge in [-0.2, -0.15) is 0 Å². The quantitative estimate of drug-likeness (QED) is 0.780. The second-order valence-corrected chi connectivity index (χ2v) is 5.53. The monoisotopic (exact) mass is 285 g/mol. The Bertz CT molecular complexity index is 414. The third-order valence-corrected chi connectivity index (χ3v) is 4.10. The number of halogens is 2. The van der Waals surface area contributed by atoms with Crippen molar-refractivity contribution in [1.29, 1.82) is 0 Å². The van der Waals surface area contributed by atoms with Crippen molar-refractivity contribution in [2.75, 3.05) is 19.0 Å². The Kier molecular flexibility index (Phi) is 4.90. The van der Waals surface area contributed by atoms with Crippen molar-refractivity contribution in [2.45, 2.75) is 19.3 Å². The van der Waals surface area contributed by atoms with Gasteiger partial charge in [-0.25, -0.2) is 0 Å². The second-order valence-electron chi connectivity index (χ2n) is 4.79. The molecule has 1 aliphatic rings. The standard InChI is InChI=1S/C14H17Cl2NO/c15-10-11-4-6-17(7-5-11)14(18)9-12-2-1-3-13(16)8-12/h1-3,8,11H,4-7,9-10H2. The fourth-order valence-corrected chi connectivity index (χ4v) is 2.79.